The molecule has 5 aromatic rings. The van der Waals surface area contributed by atoms with Crippen LogP contribution in [0.15, 0.2) is 84.0 Å². The summed E-state index contributed by atoms with van der Waals surface area (Å²) < 4.78 is 9.29. The summed E-state index contributed by atoms with van der Waals surface area (Å²) in [5.41, 5.74) is 2.34. The normalized spacial score (nSPS) is 11.3. The van der Waals surface area contributed by atoms with Gasteiger partial charge in [-0.2, -0.15) is 0 Å². The molecule has 27 heavy (non-hydrogen) atoms. The van der Waals surface area contributed by atoms with E-state index in [-0.39, 0.29) is 0 Å². The molecule has 0 aliphatic carbocycles. The van der Waals surface area contributed by atoms with Gasteiger partial charge in [0.15, 0.2) is 5.16 Å². The summed E-state index contributed by atoms with van der Waals surface area (Å²) >= 11 is 3.35. The van der Waals surface area contributed by atoms with Crippen molar-refractivity contribution in [3.63, 3.8) is 0 Å². The Bertz CT molecular complexity index is 1210. The number of rotatable bonds is 5. The van der Waals surface area contributed by atoms with Gasteiger partial charge in [-0.25, -0.2) is 0 Å². The van der Waals surface area contributed by atoms with Crippen molar-refractivity contribution in [2.45, 2.75) is 10.9 Å². The van der Waals surface area contributed by atoms with Crippen LogP contribution in [0.2, 0.25) is 0 Å². The van der Waals surface area contributed by atoms with E-state index < -0.39 is 0 Å². The quantitative estimate of drug-likeness (QED) is 0.344. The number of ether oxygens (including phenoxy) is 1. The highest BCUT2D eigenvalue weighted by Crippen LogP contribution is 2.31. The predicted octanol–water partition coefficient (Wildman–Crippen LogP) is 6.03. The second-order valence-electron chi connectivity index (χ2n) is 6.02. The van der Waals surface area contributed by atoms with Gasteiger partial charge in [-0.15, -0.1) is 10.2 Å². The van der Waals surface area contributed by atoms with Crippen LogP contribution in [0.25, 0.3) is 15.2 Å². The maximum absolute atomic E-state index is 5.93. The van der Waals surface area contributed by atoms with Crippen LogP contribution in [0.5, 0.6) is 11.5 Å². The van der Waals surface area contributed by atoms with E-state index in [0.29, 0.717) is 0 Å². The zero-order valence-corrected chi connectivity index (χ0v) is 15.9. The van der Waals surface area contributed by atoms with E-state index in [1.807, 2.05) is 48.5 Å². The number of fused-ring (bicyclic) bond motifs is 3. The molecule has 6 heteroatoms. The topological polar surface area (TPSA) is 39.4 Å². The largest absolute Gasteiger partial charge is 0.457 e. The zero-order valence-electron chi connectivity index (χ0n) is 14.3. The Hall–Kier alpha value is -2.83. The van der Waals surface area contributed by atoms with Crippen molar-refractivity contribution in [2.24, 2.45) is 0 Å². The molecule has 0 radical (unpaired) electrons. The highest BCUT2D eigenvalue weighted by atomic mass is 32.2. The molecule has 0 atom stereocenters. The van der Waals surface area contributed by atoms with Crippen LogP contribution < -0.4 is 4.74 Å². The fourth-order valence-electron chi connectivity index (χ4n) is 2.92. The van der Waals surface area contributed by atoms with E-state index in [2.05, 4.69) is 44.9 Å². The molecule has 3 aromatic carbocycles. The molecule has 132 valence electrons. The summed E-state index contributed by atoms with van der Waals surface area (Å²) in [5.74, 6) is 2.48. The van der Waals surface area contributed by atoms with E-state index in [4.69, 9.17) is 4.74 Å². The molecule has 2 heterocycles. The van der Waals surface area contributed by atoms with E-state index in [1.165, 1.54) is 10.3 Å². The summed E-state index contributed by atoms with van der Waals surface area (Å²) in [6.45, 7) is 0. The molecule has 0 spiro atoms. The highest BCUT2D eigenvalue weighted by molar-refractivity contribution is 7.98. The second kappa shape index (κ2) is 7.06. The lowest BCUT2D eigenvalue weighted by molar-refractivity contribution is 0.482. The van der Waals surface area contributed by atoms with Crippen LogP contribution in [0.3, 0.4) is 0 Å². The Kier molecular flexibility index (Phi) is 4.27. The van der Waals surface area contributed by atoms with E-state index >= 15 is 0 Å². The molecular weight excluding hydrogens is 374 g/mol. The molecule has 0 unspecified atom stereocenters. The average Bonchev–Trinajstić information content (AvgIpc) is 3.27. The molecule has 0 amide bonds. The van der Waals surface area contributed by atoms with Gasteiger partial charge in [0, 0.05) is 5.75 Å². The number of hydrogen-bond acceptors (Lipinski definition) is 5. The lowest BCUT2D eigenvalue weighted by Crippen LogP contribution is -1.89. The lowest BCUT2D eigenvalue weighted by Gasteiger charge is -2.07. The van der Waals surface area contributed by atoms with E-state index in [0.717, 1.165) is 32.9 Å². The standard InChI is InChI=1S/C21H15N3OS2/c1-2-8-16(9-3-1)25-17-10-6-7-15(13-17)14-26-20-22-23-21-24(20)18-11-4-5-12-19(18)27-21/h1-13H,14H2. The van der Waals surface area contributed by atoms with Crippen molar-refractivity contribution < 1.29 is 4.74 Å². The minimum absolute atomic E-state index is 0.803. The van der Waals surface area contributed by atoms with Crippen LogP contribution in [-0.2, 0) is 5.75 Å². The second-order valence-corrected chi connectivity index (χ2v) is 7.97. The molecule has 0 aliphatic rings. The van der Waals surface area contributed by atoms with Gasteiger partial charge >= 0.3 is 0 Å². The fourth-order valence-corrected chi connectivity index (χ4v) is 4.83. The van der Waals surface area contributed by atoms with Crippen molar-refractivity contribution in [1.29, 1.82) is 0 Å². The predicted molar refractivity (Wildman–Crippen MR) is 111 cm³/mol. The van der Waals surface area contributed by atoms with Gasteiger partial charge in [0.05, 0.1) is 10.2 Å². The zero-order chi connectivity index (χ0) is 18.1. The summed E-state index contributed by atoms with van der Waals surface area (Å²) in [6, 6.07) is 26.3. The monoisotopic (exact) mass is 389 g/mol. The van der Waals surface area contributed by atoms with Gasteiger partial charge < -0.3 is 4.74 Å². The molecule has 0 saturated heterocycles. The van der Waals surface area contributed by atoms with Gasteiger partial charge in [-0.3, -0.25) is 4.40 Å². The van der Waals surface area contributed by atoms with Crippen molar-refractivity contribution in [2.75, 3.05) is 0 Å². The third-order valence-electron chi connectivity index (χ3n) is 4.16. The molecule has 0 saturated carbocycles. The number of benzene rings is 3. The van der Waals surface area contributed by atoms with Gasteiger partial charge in [0.1, 0.15) is 11.5 Å². The number of nitrogens with zero attached hydrogens (tertiary/aromatic N) is 3. The fraction of sp³-hybridized carbons (Fsp3) is 0.0476. The summed E-state index contributed by atoms with van der Waals surface area (Å²) in [6.07, 6.45) is 0. The average molecular weight is 390 g/mol. The molecule has 0 aliphatic heterocycles. The minimum Gasteiger partial charge on any atom is -0.457 e. The Labute approximate surface area is 164 Å². The maximum Gasteiger partial charge on any atom is 0.217 e. The number of hydrogen-bond donors (Lipinski definition) is 0. The van der Waals surface area contributed by atoms with Gasteiger partial charge in [0.2, 0.25) is 4.96 Å². The number of thiazole rings is 1. The van der Waals surface area contributed by atoms with Gasteiger partial charge in [-0.1, -0.05) is 65.6 Å². The number of para-hydroxylation sites is 2. The third kappa shape index (κ3) is 3.29. The van der Waals surface area contributed by atoms with Crippen molar-refractivity contribution in [3.05, 3.63) is 84.4 Å². The van der Waals surface area contributed by atoms with Crippen molar-refractivity contribution in [3.8, 4) is 11.5 Å². The SMILES string of the molecule is c1ccc(Oc2cccc(CSc3nnc4sc5ccccc5n34)c2)cc1. The van der Waals surface area contributed by atoms with Crippen LogP contribution in [0.4, 0.5) is 0 Å². The Balaban J connectivity index is 1.37. The van der Waals surface area contributed by atoms with Gasteiger partial charge in [-0.05, 0) is 42.0 Å². The Morgan fingerprint density at radius 2 is 1.67 bits per heavy atom. The summed E-state index contributed by atoms with van der Waals surface area (Å²) in [4.78, 5) is 0.930. The maximum atomic E-state index is 5.93. The first-order valence-corrected chi connectivity index (χ1v) is 10.3. The van der Waals surface area contributed by atoms with Crippen LogP contribution in [0, 0.1) is 0 Å². The lowest BCUT2D eigenvalue weighted by atomic mass is 10.2. The van der Waals surface area contributed by atoms with Crippen molar-refractivity contribution in [1.82, 2.24) is 14.6 Å². The molecule has 5 rings (SSSR count). The Morgan fingerprint density at radius 3 is 2.59 bits per heavy atom. The molecule has 4 nitrogen and oxygen atoms in total. The van der Waals surface area contributed by atoms with Gasteiger partial charge in [0.25, 0.3) is 0 Å². The highest BCUT2D eigenvalue weighted by Gasteiger charge is 2.12. The first-order chi connectivity index (χ1) is 13.4. The Morgan fingerprint density at radius 1 is 0.852 bits per heavy atom. The first kappa shape index (κ1) is 16.4. The molecule has 2 aromatic heterocycles. The van der Waals surface area contributed by atoms with Crippen LogP contribution in [0.1, 0.15) is 5.56 Å². The summed E-state index contributed by atoms with van der Waals surface area (Å²) in [5, 5.41) is 9.61. The summed E-state index contributed by atoms with van der Waals surface area (Å²) in [7, 11) is 0. The molecule has 0 N–H and O–H groups in total. The molecule has 0 bridgehead atoms. The smallest absolute Gasteiger partial charge is 0.217 e. The number of aromatic nitrogens is 3. The van der Waals surface area contributed by atoms with Crippen molar-refractivity contribution >= 4 is 38.3 Å². The van der Waals surface area contributed by atoms with Crippen LogP contribution >= 0.6 is 23.1 Å². The third-order valence-corrected chi connectivity index (χ3v) is 6.17. The molecular formula is C21H15N3OS2. The number of thioether (sulfide) groups is 1. The molecule has 0 fully saturated rings. The van der Waals surface area contributed by atoms with E-state index in [1.54, 1.807) is 23.1 Å². The first-order valence-electron chi connectivity index (χ1n) is 8.54. The minimum atomic E-state index is 0.803. The van der Waals surface area contributed by atoms with Crippen LogP contribution in [-0.4, -0.2) is 14.6 Å². The van der Waals surface area contributed by atoms with E-state index in [9.17, 15) is 0 Å².